The first-order valence-corrected chi connectivity index (χ1v) is 6.05. The molecule has 0 bridgehead atoms. The number of nitrogens with two attached hydrogens (primary N) is 4. The van der Waals surface area contributed by atoms with Crippen molar-refractivity contribution in [2.24, 2.45) is 34.8 Å². The Morgan fingerprint density at radius 3 is 1.65 bits per heavy atom. The van der Waals surface area contributed by atoms with Crippen LogP contribution in [0.3, 0.4) is 0 Å². The van der Waals surface area contributed by atoms with Gasteiger partial charge in [-0.25, -0.2) is 0 Å². The molecular formula is C10H20N4O3. The fraction of sp³-hybridized carbons (Fsp3) is 1.00. The van der Waals surface area contributed by atoms with Gasteiger partial charge in [0.15, 0.2) is 0 Å². The standard InChI is InChI=1S/C10H20N4O3/c11-4-1-3-2-5(12)16-8-6(3)7(15-4)9(13)17-10(8)14/h3-10H,1-2,11-14H2. The number of hydrogen-bond donors (Lipinski definition) is 4. The normalized spacial score (nSPS) is 58.6. The predicted molar refractivity (Wildman–Crippen MR) is 58.9 cm³/mol. The van der Waals surface area contributed by atoms with Crippen LogP contribution in [0.1, 0.15) is 12.8 Å². The van der Waals surface area contributed by atoms with Gasteiger partial charge in [0.05, 0.1) is 0 Å². The van der Waals surface area contributed by atoms with Crippen molar-refractivity contribution in [1.82, 2.24) is 0 Å². The van der Waals surface area contributed by atoms with E-state index in [9.17, 15) is 0 Å². The highest BCUT2D eigenvalue weighted by molar-refractivity contribution is 4.99. The highest BCUT2D eigenvalue weighted by Crippen LogP contribution is 2.43. The van der Waals surface area contributed by atoms with Gasteiger partial charge in [0.2, 0.25) is 0 Å². The average molecular weight is 244 g/mol. The SMILES string of the molecule is NC1CC2CC(N)OC3C(N)OC(N)C(O1)C23. The van der Waals surface area contributed by atoms with Gasteiger partial charge in [0.1, 0.15) is 37.1 Å². The second-order valence-electron chi connectivity index (χ2n) is 5.15. The molecule has 0 aliphatic carbocycles. The first-order valence-electron chi connectivity index (χ1n) is 6.05. The molecule has 0 spiro atoms. The Balaban J connectivity index is 1.89. The zero-order valence-electron chi connectivity index (χ0n) is 9.57. The van der Waals surface area contributed by atoms with Crippen LogP contribution in [-0.4, -0.2) is 37.1 Å². The highest BCUT2D eigenvalue weighted by Gasteiger charge is 2.54. The van der Waals surface area contributed by atoms with E-state index in [0.29, 0.717) is 5.92 Å². The molecule has 3 saturated heterocycles. The molecule has 0 radical (unpaired) electrons. The predicted octanol–water partition coefficient (Wildman–Crippen LogP) is -2.03. The minimum atomic E-state index is -0.543. The molecule has 3 aliphatic rings. The van der Waals surface area contributed by atoms with Crippen LogP contribution in [0.5, 0.6) is 0 Å². The van der Waals surface area contributed by atoms with Crippen molar-refractivity contribution >= 4 is 0 Å². The molecule has 17 heavy (non-hydrogen) atoms. The summed E-state index contributed by atoms with van der Waals surface area (Å²) in [6.45, 7) is 0. The fourth-order valence-electron chi connectivity index (χ4n) is 3.36. The summed E-state index contributed by atoms with van der Waals surface area (Å²) in [7, 11) is 0. The van der Waals surface area contributed by atoms with Crippen molar-refractivity contribution < 1.29 is 14.2 Å². The monoisotopic (exact) mass is 244 g/mol. The number of hydrogen-bond acceptors (Lipinski definition) is 7. The van der Waals surface area contributed by atoms with E-state index in [1.165, 1.54) is 0 Å². The summed E-state index contributed by atoms with van der Waals surface area (Å²) in [5.41, 5.74) is 23.6. The van der Waals surface area contributed by atoms with Crippen LogP contribution < -0.4 is 22.9 Å². The molecule has 8 N–H and O–H groups in total. The van der Waals surface area contributed by atoms with E-state index in [1.807, 2.05) is 0 Å². The van der Waals surface area contributed by atoms with Crippen molar-refractivity contribution in [3.8, 4) is 0 Å². The molecular weight excluding hydrogens is 224 g/mol. The summed E-state index contributed by atoms with van der Waals surface area (Å²) in [4.78, 5) is 0. The molecule has 6 atom stereocenters. The Morgan fingerprint density at radius 1 is 0.706 bits per heavy atom. The van der Waals surface area contributed by atoms with Gasteiger partial charge >= 0.3 is 0 Å². The maximum atomic E-state index is 5.91. The van der Waals surface area contributed by atoms with E-state index < -0.39 is 12.5 Å². The third-order valence-corrected chi connectivity index (χ3v) is 4.00. The van der Waals surface area contributed by atoms with Gasteiger partial charge in [0.25, 0.3) is 0 Å². The minimum absolute atomic E-state index is 0.133. The second kappa shape index (κ2) is 4.13. The summed E-state index contributed by atoms with van der Waals surface area (Å²) < 4.78 is 16.8. The molecule has 0 aromatic carbocycles. The van der Waals surface area contributed by atoms with E-state index in [4.69, 9.17) is 37.1 Å². The first-order chi connectivity index (χ1) is 8.06. The molecule has 7 nitrogen and oxygen atoms in total. The Bertz CT molecular complexity index is 279. The van der Waals surface area contributed by atoms with E-state index in [2.05, 4.69) is 0 Å². The van der Waals surface area contributed by atoms with Gasteiger partial charge in [-0.3, -0.25) is 0 Å². The maximum absolute atomic E-state index is 5.91. The Morgan fingerprint density at radius 2 is 1.18 bits per heavy atom. The van der Waals surface area contributed by atoms with Crippen LogP contribution >= 0.6 is 0 Å². The molecule has 0 aromatic heterocycles. The molecule has 3 heterocycles. The lowest BCUT2D eigenvalue weighted by Gasteiger charge is -2.54. The van der Waals surface area contributed by atoms with Crippen LogP contribution in [0.15, 0.2) is 0 Å². The molecule has 98 valence electrons. The zero-order valence-corrected chi connectivity index (χ0v) is 9.57. The van der Waals surface area contributed by atoms with Crippen molar-refractivity contribution in [2.45, 2.75) is 50.0 Å². The van der Waals surface area contributed by atoms with Gasteiger partial charge < -0.3 is 37.1 Å². The minimum Gasteiger partial charge on any atom is -0.356 e. The van der Waals surface area contributed by atoms with Gasteiger partial charge in [-0.2, -0.15) is 0 Å². The smallest absolute Gasteiger partial charge is 0.134 e. The van der Waals surface area contributed by atoms with Crippen molar-refractivity contribution in [2.75, 3.05) is 0 Å². The molecule has 3 fully saturated rings. The highest BCUT2D eigenvalue weighted by atomic mass is 16.6. The average Bonchev–Trinajstić information content (AvgIpc) is 2.24. The number of ether oxygens (including phenoxy) is 3. The molecule has 7 heteroatoms. The lowest BCUT2D eigenvalue weighted by atomic mass is 9.73. The molecule has 0 amide bonds. The molecule has 3 aliphatic heterocycles. The van der Waals surface area contributed by atoms with Crippen molar-refractivity contribution in [3.63, 3.8) is 0 Å². The molecule has 0 aromatic rings. The van der Waals surface area contributed by atoms with E-state index >= 15 is 0 Å². The van der Waals surface area contributed by atoms with E-state index in [1.54, 1.807) is 0 Å². The summed E-state index contributed by atoms with van der Waals surface area (Å²) >= 11 is 0. The molecule has 6 unspecified atom stereocenters. The summed E-state index contributed by atoms with van der Waals surface area (Å²) in [6.07, 6.45) is -0.659. The lowest BCUT2D eigenvalue weighted by molar-refractivity contribution is -0.293. The maximum Gasteiger partial charge on any atom is 0.134 e. The quantitative estimate of drug-likeness (QED) is 0.386. The fourth-order valence-corrected chi connectivity index (χ4v) is 3.36. The van der Waals surface area contributed by atoms with Crippen LogP contribution in [0.4, 0.5) is 0 Å². The summed E-state index contributed by atoms with van der Waals surface area (Å²) in [5, 5.41) is 0. The third-order valence-electron chi connectivity index (χ3n) is 4.00. The number of rotatable bonds is 0. The van der Waals surface area contributed by atoms with Crippen LogP contribution in [0.2, 0.25) is 0 Å². The van der Waals surface area contributed by atoms with Crippen LogP contribution in [-0.2, 0) is 14.2 Å². The van der Waals surface area contributed by atoms with Crippen molar-refractivity contribution in [1.29, 1.82) is 0 Å². The van der Waals surface area contributed by atoms with E-state index in [-0.39, 0.29) is 30.6 Å². The zero-order chi connectivity index (χ0) is 12.2. The van der Waals surface area contributed by atoms with Gasteiger partial charge in [0, 0.05) is 5.92 Å². The summed E-state index contributed by atoms with van der Waals surface area (Å²) in [5.74, 6) is 0.479. The van der Waals surface area contributed by atoms with Gasteiger partial charge in [-0.05, 0) is 18.8 Å². The molecule has 3 rings (SSSR count). The van der Waals surface area contributed by atoms with Crippen LogP contribution in [0.25, 0.3) is 0 Å². The Kier molecular flexibility index (Phi) is 2.86. The van der Waals surface area contributed by atoms with Crippen molar-refractivity contribution in [3.05, 3.63) is 0 Å². The third kappa shape index (κ3) is 1.88. The molecule has 0 saturated carbocycles. The topological polar surface area (TPSA) is 132 Å². The second-order valence-corrected chi connectivity index (χ2v) is 5.15. The largest absolute Gasteiger partial charge is 0.356 e. The van der Waals surface area contributed by atoms with E-state index in [0.717, 1.165) is 12.8 Å². The Hall–Kier alpha value is -0.280. The lowest BCUT2D eigenvalue weighted by Crippen LogP contribution is -2.69. The van der Waals surface area contributed by atoms with Gasteiger partial charge in [-0.15, -0.1) is 0 Å². The Labute approximate surface area is 99.7 Å². The summed E-state index contributed by atoms with van der Waals surface area (Å²) in [6, 6.07) is 0. The first kappa shape index (κ1) is 11.8. The van der Waals surface area contributed by atoms with Gasteiger partial charge in [-0.1, -0.05) is 0 Å². The van der Waals surface area contributed by atoms with Crippen LogP contribution in [0, 0.1) is 11.8 Å².